The maximum atomic E-state index is 2.21. The molecule has 4 aromatic rings. The van der Waals surface area contributed by atoms with Crippen LogP contribution in [0.1, 0.15) is 0 Å². The fourth-order valence-corrected chi connectivity index (χ4v) is 2.67. The fourth-order valence-electron chi connectivity index (χ4n) is 2.67. The van der Waals surface area contributed by atoms with Crippen LogP contribution in [0.2, 0.25) is 0 Å². The molecule has 17 heavy (non-hydrogen) atoms. The summed E-state index contributed by atoms with van der Waals surface area (Å²) in [5.74, 6) is 0. The van der Waals surface area contributed by atoms with Crippen molar-refractivity contribution < 1.29 is 17.1 Å². The Labute approximate surface area is 110 Å². The van der Waals surface area contributed by atoms with E-state index in [1.165, 1.54) is 32.3 Å². The van der Waals surface area contributed by atoms with Crippen molar-refractivity contribution in [1.29, 1.82) is 0 Å². The molecule has 0 unspecified atom stereocenters. The Balaban J connectivity index is 0.000000902. The van der Waals surface area contributed by atoms with E-state index in [9.17, 15) is 0 Å². The zero-order chi connectivity index (χ0) is 10.5. The van der Waals surface area contributed by atoms with Gasteiger partial charge in [-0.2, -0.15) is 0 Å². The van der Waals surface area contributed by atoms with Crippen LogP contribution in [0.25, 0.3) is 32.3 Å². The molecule has 0 saturated carbocycles. The van der Waals surface area contributed by atoms with Crippen LogP contribution in [0.4, 0.5) is 0 Å². The van der Waals surface area contributed by atoms with Crippen LogP contribution in [-0.2, 0) is 17.1 Å². The van der Waals surface area contributed by atoms with Gasteiger partial charge in [-0.15, -0.1) is 0 Å². The second-order valence-electron chi connectivity index (χ2n) is 4.29. The first-order valence-corrected chi connectivity index (χ1v) is 5.56. The molecule has 4 aromatic carbocycles. The molecule has 0 saturated heterocycles. The minimum atomic E-state index is 0. The normalized spacial score (nSPS) is 11.1. The van der Waals surface area contributed by atoms with Crippen molar-refractivity contribution in [2.24, 2.45) is 0 Å². The van der Waals surface area contributed by atoms with E-state index in [2.05, 4.69) is 60.7 Å². The van der Waals surface area contributed by atoms with Crippen LogP contribution in [0, 0.1) is 0 Å². The number of rotatable bonds is 0. The molecule has 1 heteroatoms. The average molecular weight is 266 g/mol. The standard InChI is InChI=1S/C16H10.Cu/c1-3-11-7-9-13-5-2-6-14-10-8-12(4-1)15(11)16(13)14;/h1-10H;/q;+1. The quantitative estimate of drug-likeness (QED) is 0.322. The van der Waals surface area contributed by atoms with Crippen molar-refractivity contribution in [2.75, 3.05) is 0 Å². The summed E-state index contributed by atoms with van der Waals surface area (Å²) in [5, 5.41) is 8.14. The molecule has 0 amide bonds. The van der Waals surface area contributed by atoms with Gasteiger partial charge in [-0.05, 0) is 32.3 Å². The van der Waals surface area contributed by atoms with E-state index in [-0.39, 0.29) is 17.1 Å². The van der Waals surface area contributed by atoms with E-state index < -0.39 is 0 Å². The van der Waals surface area contributed by atoms with Crippen molar-refractivity contribution in [2.45, 2.75) is 0 Å². The molecular formula is C16H10Cu+. The zero-order valence-corrected chi connectivity index (χ0v) is 10.0. The average Bonchev–Trinajstić information content (AvgIpc) is 2.36. The molecule has 0 bridgehead atoms. The molecule has 0 heterocycles. The van der Waals surface area contributed by atoms with Gasteiger partial charge in [0.2, 0.25) is 0 Å². The summed E-state index contributed by atoms with van der Waals surface area (Å²) in [6.45, 7) is 0. The molecule has 0 spiro atoms. The fraction of sp³-hybridized carbons (Fsp3) is 0. The Morgan fingerprint density at radius 2 is 0.706 bits per heavy atom. The summed E-state index contributed by atoms with van der Waals surface area (Å²) < 4.78 is 0. The Morgan fingerprint density at radius 3 is 1.00 bits per heavy atom. The first kappa shape index (κ1) is 10.6. The maximum Gasteiger partial charge on any atom is 1.00 e. The summed E-state index contributed by atoms with van der Waals surface area (Å²) in [4.78, 5) is 0. The van der Waals surface area contributed by atoms with Crippen LogP contribution in [0.5, 0.6) is 0 Å². The third-order valence-corrected chi connectivity index (χ3v) is 3.39. The van der Waals surface area contributed by atoms with E-state index in [4.69, 9.17) is 0 Å². The van der Waals surface area contributed by atoms with Crippen molar-refractivity contribution >= 4 is 32.3 Å². The first-order chi connectivity index (χ1) is 7.93. The predicted octanol–water partition coefficient (Wildman–Crippen LogP) is 4.58. The minimum absolute atomic E-state index is 0. The third kappa shape index (κ3) is 1.37. The van der Waals surface area contributed by atoms with Crippen LogP contribution >= 0.6 is 0 Å². The molecule has 0 aromatic heterocycles. The van der Waals surface area contributed by atoms with Gasteiger partial charge in [0.1, 0.15) is 0 Å². The van der Waals surface area contributed by atoms with E-state index in [0.29, 0.717) is 0 Å². The zero-order valence-electron chi connectivity index (χ0n) is 9.08. The molecule has 4 rings (SSSR count). The van der Waals surface area contributed by atoms with Gasteiger partial charge in [0.05, 0.1) is 0 Å². The topological polar surface area (TPSA) is 0 Å². The Kier molecular flexibility index (Phi) is 2.32. The van der Waals surface area contributed by atoms with E-state index in [1.54, 1.807) is 0 Å². The summed E-state index contributed by atoms with van der Waals surface area (Å²) in [5.41, 5.74) is 0. The molecule has 0 N–H and O–H groups in total. The summed E-state index contributed by atoms with van der Waals surface area (Å²) in [6.07, 6.45) is 0. The molecular weight excluding hydrogens is 256 g/mol. The van der Waals surface area contributed by atoms with Crippen LogP contribution in [0.3, 0.4) is 0 Å². The Morgan fingerprint density at radius 1 is 0.412 bits per heavy atom. The SMILES string of the molecule is [Cu+].c1cc2ccc3cccc4ccc(c1)c2c34. The molecule has 0 atom stereocenters. The third-order valence-electron chi connectivity index (χ3n) is 3.39. The van der Waals surface area contributed by atoms with Gasteiger partial charge < -0.3 is 0 Å². The van der Waals surface area contributed by atoms with Gasteiger partial charge in [-0.25, -0.2) is 0 Å². The van der Waals surface area contributed by atoms with E-state index >= 15 is 0 Å². The van der Waals surface area contributed by atoms with Gasteiger partial charge in [0, 0.05) is 0 Å². The smallest absolute Gasteiger partial charge is 0.0610 e. The Hall–Kier alpha value is -1.56. The van der Waals surface area contributed by atoms with E-state index in [1.807, 2.05) is 0 Å². The Bertz CT molecular complexity index is 672. The predicted molar refractivity (Wildman–Crippen MR) is 70.1 cm³/mol. The van der Waals surface area contributed by atoms with Gasteiger partial charge in [0.15, 0.2) is 0 Å². The van der Waals surface area contributed by atoms with Crippen molar-refractivity contribution in [1.82, 2.24) is 0 Å². The summed E-state index contributed by atoms with van der Waals surface area (Å²) in [6, 6.07) is 21.9. The minimum Gasteiger partial charge on any atom is -0.0610 e. The molecule has 0 aliphatic carbocycles. The number of hydrogen-bond acceptors (Lipinski definition) is 0. The van der Waals surface area contributed by atoms with Crippen molar-refractivity contribution in [3.8, 4) is 0 Å². The second kappa shape index (κ2) is 3.73. The van der Waals surface area contributed by atoms with Crippen LogP contribution < -0.4 is 0 Å². The molecule has 0 nitrogen and oxygen atoms in total. The monoisotopic (exact) mass is 265 g/mol. The number of benzene rings is 4. The largest absolute Gasteiger partial charge is 1.00 e. The van der Waals surface area contributed by atoms with Crippen LogP contribution in [-0.4, -0.2) is 0 Å². The molecule has 0 aliphatic heterocycles. The van der Waals surface area contributed by atoms with Gasteiger partial charge in [0.25, 0.3) is 0 Å². The summed E-state index contributed by atoms with van der Waals surface area (Å²) >= 11 is 0. The van der Waals surface area contributed by atoms with Gasteiger partial charge in [-0.3, -0.25) is 0 Å². The van der Waals surface area contributed by atoms with Crippen molar-refractivity contribution in [3.63, 3.8) is 0 Å². The van der Waals surface area contributed by atoms with E-state index in [0.717, 1.165) is 0 Å². The maximum absolute atomic E-state index is 2.21. The molecule has 0 aliphatic rings. The molecule has 0 radical (unpaired) electrons. The molecule has 0 fully saturated rings. The second-order valence-corrected chi connectivity index (χ2v) is 4.29. The first-order valence-electron chi connectivity index (χ1n) is 5.56. The number of hydrogen-bond donors (Lipinski definition) is 0. The molecule has 84 valence electrons. The van der Waals surface area contributed by atoms with Crippen molar-refractivity contribution in [3.05, 3.63) is 60.7 Å². The van der Waals surface area contributed by atoms with Gasteiger partial charge >= 0.3 is 17.1 Å². The van der Waals surface area contributed by atoms with Crippen LogP contribution in [0.15, 0.2) is 60.7 Å². The van der Waals surface area contributed by atoms with Gasteiger partial charge in [-0.1, -0.05) is 60.7 Å². The summed E-state index contributed by atoms with van der Waals surface area (Å²) in [7, 11) is 0.